The second kappa shape index (κ2) is 8.39. The number of thiazole rings is 1. The van der Waals surface area contributed by atoms with Crippen LogP contribution < -0.4 is 16.0 Å². The van der Waals surface area contributed by atoms with Gasteiger partial charge in [0.2, 0.25) is 11.8 Å². The number of nitrogens with zero attached hydrogens (tertiary/aromatic N) is 1. The quantitative estimate of drug-likeness (QED) is 0.641. The topological polar surface area (TPSA) is 126 Å². The summed E-state index contributed by atoms with van der Waals surface area (Å²) >= 11 is 1.17. The fourth-order valence-corrected chi connectivity index (χ4v) is 3.80. The molecule has 3 amide bonds. The molecule has 0 spiro atoms. The van der Waals surface area contributed by atoms with Gasteiger partial charge in [0.25, 0.3) is 5.91 Å². The van der Waals surface area contributed by atoms with E-state index in [1.807, 2.05) is 13.8 Å². The summed E-state index contributed by atoms with van der Waals surface area (Å²) in [6.45, 7) is 3.79. The van der Waals surface area contributed by atoms with E-state index >= 15 is 0 Å². The fourth-order valence-electron chi connectivity index (χ4n) is 2.83. The largest absolute Gasteiger partial charge is 0.464 e. The Labute approximate surface area is 170 Å². The van der Waals surface area contributed by atoms with Crippen LogP contribution in [0.1, 0.15) is 51.9 Å². The second-order valence-electron chi connectivity index (χ2n) is 6.69. The number of esters is 1. The van der Waals surface area contributed by atoms with Gasteiger partial charge < -0.3 is 20.7 Å². The lowest BCUT2D eigenvalue weighted by atomic mass is 10.1. The molecule has 0 fully saturated rings. The lowest BCUT2D eigenvalue weighted by Crippen LogP contribution is -2.43. The van der Waals surface area contributed by atoms with E-state index in [2.05, 4.69) is 20.9 Å². The summed E-state index contributed by atoms with van der Waals surface area (Å²) in [5.41, 5.74) is 0.869. The van der Waals surface area contributed by atoms with E-state index in [1.54, 1.807) is 24.3 Å². The minimum absolute atomic E-state index is 0.0117. The van der Waals surface area contributed by atoms with Crippen LogP contribution in [0.25, 0.3) is 0 Å². The van der Waals surface area contributed by atoms with Gasteiger partial charge in [-0.15, -0.1) is 11.3 Å². The van der Waals surface area contributed by atoms with Gasteiger partial charge in [-0.3, -0.25) is 14.4 Å². The molecule has 1 unspecified atom stereocenters. The van der Waals surface area contributed by atoms with Crippen molar-refractivity contribution in [1.82, 2.24) is 10.3 Å². The Morgan fingerprint density at radius 1 is 1.28 bits per heavy atom. The first-order valence-electron chi connectivity index (χ1n) is 8.89. The first kappa shape index (κ1) is 20.5. The Morgan fingerprint density at radius 2 is 2.00 bits per heavy atom. The standard InChI is InChI=1S/C19H20N4O5S/c1-9(2)15-14(18(27)28-3)23-19(29-15)22-13(24)8-12-17(26)20-11-7-5-4-6-10(11)16(25)21-12/h4-7,9,12H,8H2,1-3H3,(H,20,26)(H,21,25)(H,22,23,24). The molecule has 1 aliphatic rings. The van der Waals surface area contributed by atoms with E-state index in [4.69, 9.17) is 4.74 Å². The van der Waals surface area contributed by atoms with Crippen molar-refractivity contribution in [2.75, 3.05) is 17.7 Å². The molecule has 0 bridgehead atoms. The number of methoxy groups -OCH3 is 1. The molecule has 0 radical (unpaired) electrons. The first-order valence-corrected chi connectivity index (χ1v) is 9.71. The molecule has 2 aromatic rings. The molecule has 10 heteroatoms. The van der Waals surface area contributed by atoms with Crippen LogP contribution in [0.15, 0.2) is 24.3 Å². The molecule has 29 heavy (non-hydrogen) atoms. The van der Waals surface area contributed by atoms with Gasteiger partial charge in [0.1, 0.15) is 6.04 Å². The van der Waals surface area contributed by atoms with Crippen LogP contribution in [0.2, 0.25) is 0 Å². The number of hydrogen-bond donors (Lipinski definition) is 3. The maximum absolute atomic E-state index is 12.5. The smallest absolute Gasteiger partial charge is 0.357 e. The average Bonchev–Trinajstić information content (AvgIpc) is 3.06. The molecule has 2 heterocycles. The van der Waals surface area contributed by atoms with E-state index < -0.39 is 29.7 Å². The maximum Gasteiger partial charge on any atom is 0.357 e. The zero-order chi connectivity index (χ0) is 21.1. The third-order valence-electron chi connectivity index (χ3n) is 4.24. The Kier molecular flexibility index (Phi) is 5.92. The third-order valence-corrected chi connectivity index (χ3v) is 5.52. The number of rotatable bonds is 5. The van der Waals surface area contributed by atoms with Crippen LogP contribution in [0.4, 0.5) is 10.8 Å². The van der Waals surface area contributed by atoms with Gasteiger partial charge in [-0.05, 0) is 18.1 Å². The molecule has 0 saturated carbocycles. The van der Waals surface area contributed by atoms with Gasteiger partial charge in [0.15, 0.2) is 10.8 Å². The van der Waals surface area contributed by atoms with Crippen molar-refractivity contribution in [3.63, 3.8) is 0 Å². The molecule has 3 N–H and O–H groups in total. The van der Waals surface area contributed by atoms with Crippen molar-refractivity contribution in [2.45, 2.75) is 32.2 Å². The van der Waals surface area contributed by atoms with Crippen molar-refractivity contribution in [2.24, 2.45) is 0 Å². The number of amides is 3. The fraction of sp³-hybridized carbons (Fsp3) is 0.316. The zero-order valence-corrected chi connectivity index (χ0v) is 16.9. The van der Waals surface area contributed by atoms with Crippen molar-refractivity contribution in [1.29, 1.82) is 0 Å². The number of ether oxygens (including phenoxy) is 1. The molecular formula is C19H20N4O5S. The lowest BCUT2D eigenvalue weighted by Gasteiger charge is -2.13. The number of carbonyl (C=O) groups excluding carboxylic acids is 4. The van der Waals surface area contributed by atoms with Crippen molar-refractivity contribution in [3.05, 3.63) is 40.4 Å². The predicted octanol–water partition coefficient (Wildman–Crippen LogP) is 2.13. The molecule has 1 aromatic carbocycles. The number of nitrogens with one attached hydrogen (secondary N) is 3. The summed E-state index contributed by atoms with van der Waals surface area (Å²) in [6, 6.07) is 5.55. The van der Waals surface area contributed by atoms with Gasteiger partial charge in [-0.2, -0.15) is 0 Å². The molecule has 9 nitrogen and oxygen atoms in total. The van der Waals surface area contributed by atoms with E-state index in [9.17, 15) is 19.2 Å². The average molecular weight is 416 g/mol. The van der Waals surface area contributed by atoms with Gasteiger partial charge >= 0.3 is 5.97 Å². The van der Waals surface area contributed by atoms with Gasteiger partial charge in [-0.25, -0.2) is 9.78 Å². The summed E-state index contributed by atoms with van der Waals surface area (Å²) in [6.07, 6.45) is -0.282. The van der Waals surface area contributed by atoms with Gasteiger partial charge in [0.05, 0.1) is 24.8 Å². The summed E-state index contributed by atoms with van der Waals surface area (Å²) < 4.78 is 4.73. The van der Waals surface area contributed by atoms with Crippen molar-refractivity contribution >= 4 is 45.8 Å². The number of fused-ring (bicyclic) bond motifs is 1. The van der Waals surface area contributed by atoms with Gasteiger partial charge in [0, 0.05) is 4.88 Å². The van der Waals surface area contributed by atoms with E-state index in [1.165, 1.54) is 18.4 Å². The van der Waals surface area contributed by atoms with E-state index in [0.29, 0.717) is 16.1 Å². The highest BCUT2D eigenvalue weighted by molar-refractivity contribution is 7.16. The third kappa shape index (κ3) is 4.43. The molecule has 1 atom stereocenters. The number of aromatic nitrogens is 1. The summed E-state index contributed by atoms with van der Waals surface area (Å²) in [4.78, 5) is 53.9. The molecule has 152 valence electrons. The number of hydrogen-bond acceptors (Lipinski definition) is 7. The summed E-state index contributed by atoms with van der Waals surface area (Å²) in [5, 5.41) is 8.02. The highest BCUT2D eigenvalue weighted by atomic mass is 32.1. The Hall–Kier alpha value is -3.27. The first-order chi connectivity index (χ1) is 13.8. The van der Waals surface area contributed by atoms with Crippen molar-refractivity contribution < 1.29 is 23.9 Å². The predicted molar refractivity (Wildman–Crippen MR) is 107 cm³/mol. The van der Waals surface area contributed by atoms with E-state index in [-0.39, 0.29) is 23.2 Å². The van der Waals surface area contributed by atoms with Crippen LogP contribution >= 0.6 is 11.3 Å². The van der Waals surface area contributed by atoms with E-state index in [0.717, 1.165) is 0 Å². The molecule has 0 aliphatic carbocycles. The number of carbonyl (C=O) groups is 4. The van der Waals surface area contributed by atoms with Crippen LogP contribution in [0.5, 0.6) is 0 Å². The Bertz CT molecular complexity index is 985. The molecule has 1 aromatic heterocycles. The SMILES string of the molecule is COC(=O)c1nc(NC(=O)CC2NC(=O)c3ccccc3NC2=O)sc1C(C)C. The summed E-state index contributed by atoms with van der Waals surface area (Å²) in [7, 11) is 1.26. The van der Waals surface area contributed by atoms with Crippen LogP contribution in [-0.2, 0) is 14.3 Å². The van der Waals surface area contributed by atoms with Crippen molar-refractivity contribution in [3.8, 4) is 0 Å². The van der Waals surface area contributed by atoms with Crippen LogP contribution in [0, 0.1) is 0 Å². The second-order valence-corrected chi connectivity index (χ2v) is 7.72. The van der Waals surface area contributed by atoms with Gasteiger partial charge in [-0.1, -0.05) is 26.0 Å². The molecule has 3 rings (SSSR count). The molecule has 1 aliphatic heterocycles. The minimum Gasteiger partial charge on any atom is -0.464 e. The maximum atomic E-state index is 12.5. The minimum atomic E-state index is -1.04. The highest BCUT2D eigenvalue weighted by Gasteiger charge is 2.30. The number of benzene rings is 1. The van der Waals surface area contributed by atoms with Crippen LogP contribution in [0.3, 0.4) is 0 Å². The number of anilines is 2. The van der Waals surface area contributed by atoms with Crippen LogP contribution in [-0.4, -0.2) is 41.8 Å². The molecular weight excluding hydrogens is 396 g/mol. The monoisotopic (exact) mass is 416 g/mol. The zero-order valence-electron chi connectivity index (χ0n) is 16.1. The summed E-state index contributed by atoms with van der Waals surface area (Å²) in [5.74, 6) is -2.02. The molecule has 0 saturated heterocycles. The Morgan fingerprint density at radius 3 is 2.69 bits per heavy atom. The Balaban J connectivity index is 1.72. The lowest BCUT2D eigenvalue weighted by molar-refractivity contribution is -0.122. The highest BCUT2D eigenvalue weighted by Crippen LogP contribution is 2.30. The number of para-hydroxylation sites is 1. The normalized spacial score (nSPS) is 15.8.